The van der Waals surface area contributed by atoms with Crippen molar-refractivity contribution in [2.45, 2.75) is 51.7 Å². The zero-order chi connectivity index (χ0) is 26.6. The molecule has 0 unspecified atom stereocenters. The lowest BCUT2D eigenvalue weighted by molar-refractivity contribution is -0.00899. The molecule has 0 radical (unpaired) electrons. The van der Waals surface area contributed by atoms with Crippen LogP contribution in [0.4, 0.5) is 20.7 Å². The van der Waals surface area contributed by atoms with Gasteiger partial charge >= 0.3 is 6.09 Å². The zero-order valence-corrected chi connectivity index (χ0v) is 21.5. The quantitative estimate of drug-likeness (QED) is 0.491. The van der Waals surface area contributed by atoms with Crippen LogP contribution in [0.3, 0.4) is 0 Å². The summed E-state index contributed by atoms with van der Waals surface area (Å²) >= 11 is 0. The van der Waals surface area contributed by atoms with Crippen LogP contribution in [-0.4, -0.2) is 70.8 Å². The normalized spacial score (nSPS) is 18.4. The molecule has 38 heavy (non-hydrogen) atoms. The molecule has 1 atom stereocenters. The lowest BCUT2D eigenvalue weighted by Crippen LogP contribution is -2.41. The van der Waals surface area contributed by atoms with Crippen LogP contribution >= 0.6 is 0 Å². The largest absolute Gasteiger partial charge is 0.447 e. The summed E-state index contributed by atoms with van der Waals surface area (Å²) in [6.07, 6.45) is 2.34. The Morgan fingerprint density at radius 2 is 2.00 bits per heavy atom. The molecule has 2 aliphatic rings. The molecular weight excluding hydrogens is 493 g/mol. The molecule has 0 aliphatic carbocycles. The number of rotatable bonds is 7. The number of ether oxygens (including phenoxy) is 2. The van der Waals surface area contributed by atoms with Crippen LogP contribution in [0.25, 0.3) is 11.5 Å². The van der Waals surface area contributed by atoms with E-state index >= 15 is 0 Å². The van der Waals surface area contributed by atoms with Crippen molar-refractivity contribution in [1.29, 1.82) is 0 Å². The average molecular weight is 526 g/mol. The Kier molecular flexibility index (Phi) is 7.70. The van der Waals surface area contributed by atoms with Crippen LogP contribution in [0, 0.1) is 5.82 Å². The molecule has 2 fully saturated rings. The number of nitrogens with zero attached hydrogens (tertiary/aromatic N) is 6. The SMILES string of the molecule is CC(C)OC(=O)N1CCC(OCc2noc(-c3ccc(N4C[C@H](N)N(c5ccccc5F)C4)nc3)n2)CC1. The van der Waals surface area contributed by atoms with Crippen molar-refractivity contribution in [2.75, 3.05) is 36.1 Å². The van der Waals surface area contributed by atoms with Gasteiger partial charge in [0.05, 0.1) is 42.8 Å². The number of para-hydroxylation sites is 1. The molecule has 12 heteroatoms. The number of anilines is 2. The van der Waals surface area contributed by atoms with Gasteiger partial charge in [-0.2, -0.15) is 4.98 Å². The highest BCUT2D eigenvalue weighted by Crippen LogP contribution is 2.27. The molecule has 5 rings (SSSR count). The minimum absolute atomic E-state index is 0.0109. The van der Waals surface area contributed by atoms with E-state index in [2.05, 4.69) is 15.1 Å². The number of carbonyl (C=O) groups is 1. The van der Waals surface area contributed by atoms with Crippen LogP contribution in [0.2, 0.25) is 0 Å². The van der Waals surface area contributed by atoms with Crippen LogP contribution in [0.5, 0.6) is 0 Å². The molecule has 0 saturated carbocycles. The molecule has 2 saturated heterocycles. The lowest BCUT2D eigenvalue weighted by Gasteiger charge is -2.31. The molecule has 2 N–H and O–H groups in total. The number of halogens is 1. The van der Waals surface area contributed by atoms with Crippen molar-refractivity contribution in [3.05, 3.63) is 54.2 Å². The molecular formula is C26H32FN7O4. The van der Waals surface area contributed by atoms with Crippen molar-refractivity contribution in [2.24, 2.45) is 5.73 Å². The maximum atomic E-state index is 14.2. The topological polar surface area (TPSA) is 123 Å². The number of benzene rings is 1. The summed E-state index contributed by atoms with van der Waals surface area (Å²) in [5, 5.41) is 4.02. The first-order chi connectivity index (χ1) is 18.4. The molecule has 0 spiro atoms. The number of likely N-dealkylation sites (tertiary alicyclic amines) is 1. The number of carbonyl (C=O) groups excluding carboxylic acids is 1. The van der Waals surface area contributed by atoms with Gasteiger partial charge in [0.1, 0.15) is 18.2 Å². The van der Waals surface area contributed by atoms with Crippen LogP contribution in [-0.2, 0) is 16.1 Å². The maximum absolute atomic E-state index is 14.2. The molecule has 2 aromatic heterocycles. The van der Waals surface area contributed by atoms with Crippen molar-refractivity contribution in [1.82, 2.24) is 20.0 Å². The fourth-order valence-electron chi connectivity index (χ4n) is 4.58. The third kappa shape index (κ3) is 5.86. The van der Waals surface area contributed by atoms with Crippen molar-refractivity contribution in [3.8, 4) is 11.5 Å². The van der Waals surface area contributed by atoms with E-state index < -0.39 is 0 Å². The summed E-state index contributed by atoms with van der Waals surface area (Å²) in [5.41, 5.74) is 7.42. The first-order valence-electron chi connectivity index (χ1n) is 12.7. The van der Waals surface area contributed by atoms with Gasteiger partial charge in [-0.05, 0) is 51.0 Å². The number of amides is 1. The lowest BCUT2D eigenvalue weighted by atomic mass is 10.1. The van der Waals surface area contributed by atoms with Crippen molar-refractivity contribution in [3.63, 3.8) is 0 Å². The van der Waals surface area contributed by atoms with Crippen LogP contribution < -0.4 is 15.5 Å². The second-order valence-electron chi connectivity index (χ2n) is 9.70. The minimum atomic E-state index is -0.354. The van der Waals surface area contributed by atoms with Gasteiger partial charge in [0.2, 0.25) is 0 Å². The Hall–Kier alpha value is -3.77. The molecule has 1 amide bonds. The number of pyridine rings is 1. The predicted molar refractivity (Wildman–Crippen MR) is 138 cm³/mol. The van der Waals surface area contributed by atoms with E-state index in [0.29, 0.717) is 49.3 Å². The first-order valence-corrected chi connectivity index (χ1v) is 12.7. The zero-order valence-electron chi connectivity index (χ0n) is 21.5. The van der Waals surface area contributed by atoms with E-state index in [0.717, 1.165) is 18.7 Å². The van der Waals surface area contributed by atoms with E-state index in [4.69, 9.17) is 19.7 Å². The summed E-state index contributed by atoms with van der Waals surface area (Å²) < 4.78 is 30.9. The van der Waals surface area contributed by atoms with E-state index in [1.165, 1.54) is 6.07 Å². The Labute approximate surface area is 220 Å². The van der Waals surface area contributed by atoms with E-state index in [9.17, 15) is 9.18 Å². The van der Waals surface area contributed by atoms with Gasteiger partial charge in [0.25, 0.3) is 5.89 Å². The van der Waals surface area contributed by atoms with Gasteiger partial charge in [0.15, 0.2) is 5.82 Å². The summed E-state index contributed by atoms with van der Waals surface area (Å²) in [6, 6.07) is 10.3. The number of nitrogens with two attached hydrogens (primary N) is 1. The van der Waals surface area contributed by atoms with Gasteiger partial charge in [-0.1, -0.05) is 17.3 Å². The molecule has 0 bridgehead atoms. The molecule has 2 aliphatic heterocycles. The summed E-state index contributed by atoms with van der Waals surface area (Å²) in [7, 11) is 0. The maximum Gasteiger partial charge on any atom is 0.410 e. The Bertz CT molecular complexity index is 1230. The second kappa shape index (κ2) is 11.3. The second-order valence-corrected chi connectivity index (χ2v) is 9.70. The van der Waals surface area contributed by atoms with Gasteiger partial charge in [-0.25, -0.2) is 14.2 Å². The molecule has 1 aromatic carbocycles. The number of piperidine rings is 1. The minimum Gasteiger partial charge on any atom is -0.447 e. The van der Waals surface area contributed by atoms with E-state index in [-0.39, 0.29) is 36.9 Å². The highest BCUT2D eigenvalue weighted by atomic mass is 19.1. The Morgan fingerprint density at radius 3 is 2.71 bits per heavy atom. The Balaban J connectivity index is 1.13. The third-order valence-electron chi connectivity index (χ3n) is 6.56. The summed E-state index contributed by atoms with van der Waals surface area (Å²) in [6.45, 7) is 6.01. The third-order valence-corrected chi connectivity index (χ3v) is 6.56. The number of hydrogen-bond donors (Lipinski definition) is 1. The number of aromatic nitrogens is 3. The predicted octanol–water partition coefficient (Wildman–Crippen LogP) is 3.37. The fourth-order valence-corrected chi connectivity index (χ4v) is 4.58. The van der Waals surface area contributed by atoms with E-state index in [1.54, 1.807) is 29.3 Å². The summed E-state index contributed by atoms with van der Waals surface area (Å²) in [4.78, 5) is 26.5. The fraction of sp³-hybridized carbons (Fsp3) is 0.462. The first kappa shape index (κ1) is 25.9. The summed E-state index contributed by atoms with van der Waals surface area (Å²) in [5.74, 6) is 1.20. The monoisotopic (exact) mass is 525 g/mol. The van der Waals surface area contributed by atoms with Gasteiger partial charge < -0.3 is 34.4 Å². The van der Waals surface area contributed by atoms with E-state index in [1.807, 2.05) is 35.8 Å². The van der Waals surface area contributed by atoms with Crippen molar-refractivity contribution < 1.29 is 23.2 Å². The van der Waals surface area contributed by atoms with Gasteiger partial charge in [0, 0.05) is 19.3 Å². The molecule has 202 valence electrons. The highest BCUT2D eigenvalue weighted by molar-refractivity contribution is 5.67. The van der Waals surface area contributed by atoms with Gasteiger partial charge in [-0.15, -0.1) is 0 Å². The van der Waals surface area contributed by atoms with Gasteiger partial charge in [-0.3, -0.25) is 0 Å². The highest BCUT2D eigenvalue weighted by Gasteiger charge is 2.30. The standard InChI is InChI=1S/C26H32FN7O4/c1-17(2)37-26(35)32-11-9-19(10-12-32)36-15-23-30-25(38-31-23)18-7-8-24(29-13-18)33-14-22(28)34(16-33)21-6-4-3-5-20(21)27/h3-8,13,17,19,22H,9-12,14-16,28H2,1-2H3/t22-/m1/s1. The Morgan fingerprint density at radius 1 is 1.21 bits per heavy atom. The average Bonchev–Trinajstić information content (AvgIpc) is 3.55. The molecule has 11 nitrogen and oxygen atoms in total. The smallest absolute Gasteiger partial charge is 0.410 e. The van der Waals surface area contributed by atoms with Crippen LogP contribution in [0.1, 0.15) is 32.5 Å². The molecule has 3 aromatic rings. The van der Waals surface area contributed by atoms with Crippen LogP contribution in [0.15, 0.2) is 47.1 Å². The molecule has 4 heterocycles. The van der Waals surface area contributed by atoms with Crippen molar-refractivity contribution >= 4 is 17.6 Å². The number of hydrogen-bond acceptors (Lipinski definition) is 10.